The Kier molecular flexibility index (Phi) is 5.49. The van der Waals surface area contributed by atoms with Crippen molar-refractivity contribution < 1.29 is 19.0 Å². The maximum absolute atomic E-state index is 11.9. The summed E-state index contributed by atoms with van der Waals surface area (Å²) in [6.07, 6.45) is 0.676. The molecule has 0 aromatic heterocycles. The summed E-state index contributed by atoms with van der Waals surface area (Å²) >= 11 is 0. The van der Waals surface area contributed by atoms with E-state index < -0.39 is 0 Å². The van der Waals surface area contributed by atoms with Gasteiger partial charge in [0.1, 0.15) is 11.5 Å². The molecule has 0 N–H and O–H groups in total. The van der Waals surface area contributed by atoms with Gasteiger partial charge < -0.3 is 14.2 Å². The molecule has 1 atom stereocenters. The highest BCUT2D eigenvalue weighted by molar-refractivity contribution is 5.78. The Morgan fingerprint density at radius 3 is 2.06 bits per heavy atom. The van der Waals surface area contributed by atoms with E-state index in [1.54, 1.807) is 27.2 Å². The van der Waals surface area contributed by atoms with Gasteiger partial charge in [0, 0.05) is 6.07 Å². The van der Waals surface area contributed by atoms with E-state index in [0.29, 0.717) is 24.5 Å². The number of rotatable bonds is 6. The second-order valence-electron chi connectivity index (χ2n) is 3.86. The first-order valence-corrected chi connectivity index (χ1v) is 6.05. The first-order chi connectivity index (χ1) is 8.65. The molecule has 100 valence electrons. The molecule has 1 aromatic carbocycles. The molecular weight excluding hydrogens is 232 g/mol. The zero-order valence-electron chi connectivity index (χ0n) is 11.4. The molecule has 0 fully saturated rings. The molecule has 0 aliphatic heterocycles. The van der Waals surface area contributed by atoms with E-state index in [0.717, 1.165) is 5.56 Å². The van der Waals surface area contributed by atoms with Gasteiger partial charge in [0.25, 0.3) is 0 Å². The maximum Gasteiger partial charge on any atom is 0.313 e. The average molecular weight is 252 g/mol. The predicted molar refractivity (Wildman–Crippen MR) is 69.2 cm³/mol. The van der Waals surface area contributed by atoms with Crippen LogP contribution in [0.2, 0.25) is 0 Å². The van der Waals surface area contributed by atoms with Crippen molar-refractivity contribution in [3.8, 4) is 11.5 Å². The highest BCUT2D eigenvalue weighted by Gasteiger charge is 2.21. The van der Waals surface area contributed by atoms with Crippen molar-refractivity contribution in [1.29, 1.82) is 0 Å². The summed E-state index contributed by atoms with van der Waals surface area (Å²) in [7, 11) is 3.17. The number of esters is 1. The number of carbonyl (C=O) groups is 1. The molecule has 0 saturated carbocycles. The predicted octanol–water partition coefficient (Wildman–Crippen LogP) is 2.76. The molecule has 0 aliphatic carbocycles. The first-order valence-electron chi connectivity index (χ1n) is 6.05. The van der Waals surface area contributed by atoms with Gasteiger partial charge in [-0.1, -0.05) is 6.92 Å². The molecule has 0 radical (unpaired) electrons. The van der Waals surface area contributed by atoms with Gasteiger partial charge >= 0.3 is 5.97 Å². The normalized spacial score (nSPS) is 11.8. The van der Waals surface area contributed by atoms with E-state index in [9.17, 15) is 4.79 Å². The van der Waals surface area contributed by atoms with Crippen LogP contribution in [0.15, 0.2) is 18.2 Å². The molecule has 0 saturated heterocycles. The second-order valence-corrected chi connectivity index (χ2v) is 3.86. The van der Waals surface area contributed by atoms with Crippen molar-refractivity contribution >= 4 is 5.97 Å². The lowest BCUT2D eigenvalue weighted by molar-refractivity contribution is -0.145. The van der Waals surface area contributed by atoms with Crippen molar-refractivity contribution in [2.45, 2.75) is 26.2 Å². The third kappa shape index (κ3) is 3.39. The van der Waals surface area contributed by atoms with E-state index in [-0.39, 0.29) is 11.9 Å². The Balaban J connectivity index is 3.07. The summed E-state index contributed by atoms with van der Waals surface area (Å²) < 4.78 is 15.5. The van der Waals surface area contributed by atoms with Crippen molar-refractivity contribution in [3.63, 3.8) is 0 Å². The fourth-order valence-electron chi connectivity index (χ4n) is 1.81. The van der Waals surface area contributed by atoms with E-state index >= 15 is 0 Å². The number of hydrogen-bond acceptors (Lipinski definition) is 4. The van der Waals surface area contributed by atoms with E-state index in [4.69, 9.17) is 14.2 Å². The van der Waals surface area contributed by atoms with Gasteiger partial charge in [-0.25, -0.2) is 0 Å². The summed E-state index contributed by atoms with van der Waals surface area (Å²) in [6.45, 7) is 4.14. The lowest BCUT2D eigenvalue weighted by atomic mass is 9.96. The third-order valence-electron chi connectivity index (χ3n) is 2.76. The average Bonchev–Trinajstić information content (AvgIpc) is 2.39. The summed E-state index contributed by atoms with van der Waals surface area (Å²) in [4.78, 5) is 11.9. The molecule has 0 aliphatic rings. The van der Waals surface area contributed by atoms with Gasteiger partial charge in [-0.15, -0.1) is 0 Å². The van der Waals surface area contributed by atoms with E-state index in [2.05, 4.69) is 0 Å². The van der Waals surface area contributed by atoms with Crippen LogP contribution in [0.5, 0.6) is 11.5 Å². The summed E-state index contributed by atoms with van der Waals surface area (Å²) in [5, 5.41) is 0. The van der Waals surface area contributed by atoms with Crippen LogP contribution in [0.25, 0.3) is 0 Å². The number of carbonyl (C=O) groups excluding carboxylic acids is 1. The highest BCUT2D eigenvalue weighted by Crippen LogP contribution is 2.29. The summed E-state index contributed by atoms with van der Waals surface area (Å²) in [6, 6.07) is 5.46. The van der Waals surface area contributed by atoms with Crippen molar-refractivity contribution in [2.24, 2.45) is 0 Å². The molecular formula is C14H20O4. The third-order valence-corrected chi connectivity index (χ3v) is 2.76. The van der Waals surface area contributed by atoms with Crippen LogP contribution in [0, 0.1) is 0 Å². The quantitative estimate of drug-likeness (QED) is 0.730. The smallest absolute Gasteiger partial charge is 0.313 e. The Bertz CT molecular complexity index is 379. The Morgan fingerprint density at radius 2 is 1.67 bits per heavy atom. The Hall–Kier alpha value is -1.71. The molecule has 4 nitrogen and oxygen atoms in total. The monoisotopic (exact) mass is 252 g/mol. The fraction of sp³-hybridized carbons (Fsp3) is 0.500. The minimum atomic E-state index is -0.283. The van der Waals surface area contributed by atoms with Crippen LogP contribution in [0.1, 0.15) is 31.7 Å². The number of methoxy groups -OCH3 is 2. The first kappa shape index (κ1) is 14.4. The van der Waals surface area contributed by atoms with Crippen molar-refractivity contribution in [3.05, 3.63) is 23.8 Å². The van der Waals surface area contributed by atoms with Crippen LogP contribution in [0.3, 0.4) is 0 Å². The minimum absolute atomic E-state index is 0.213. The molecule has 1 unspecified atom stereocenters. The Labute approximate surface area is 108 Å². The van der Waals surface area contributed by atoms with E-state index in [1.165, 1.54) is 0 Å². The fourth-order valence-corrected chi connectivity index (χ4v) is 1.81. The van der Waals surface area contributed by atoms with Crippen LogP contribution >= 0.6 is 0 Å². The maximum atomic E-state index is 11.9. The summed E-state index contributed by atoms with van der Waals surface area (Å²) in [5.74, 6) is 0.850. The number of ether oxygens (including phenoxy) is 3. The van der Waals surface area contributed by atoms with Gasteiger partial charge in [-0.2, -0.15) is 0 Å². The van der Waals surface area contributed by atoms with E-state index in [1.807, 2.05) is 19.1 Å². The molecule has 0 amide bonds. The van der Waals surface area contributed by atoms with Gasteiger partial charge in [-0.05, 0) is 31.0 Å². The van der Waals surface area contributed by atoms with Gasteiger partial charge in [0.15, 0.2) is 0 Å². The molecule has 1 aromatic rings. The lowest BCUT2D eigenvalue weighted by Gasteiger charge is -2.16. The molecule has 18 heavy (non-hydrogen) atoms. The Morgan fingerprint density at radius 1 is 1.11 bits per heavy atom. The van der Waals surface area contributed by atoms with Gasteiger partial charge in [0.05, 0.1) is 26.7 Å². The highest BCUT2D eigenvalue weighted by atomic mass is 16.5. The molecule has 0 heterocycles. The molecule has 4 heteroatoms. The largest absolute Gasteiger partial charge is 0.497 e. The SMILES string of the molecule is CCOC(=O)C(CC)c1cc(OC)cc(OC)c1. The zero-order valence-corrected chi connectivity index (χ0v) is 11.4. The standard InChI is InChI=1S/C14H20O4/c1-5-13(14(15)18-6-2)10-7-11(16-3)9-12(8-10)17-4/h7-9,13H,5-6H2,1-4H3. The van der Waals surface area contributed by atoms with Gasteiger partial charge in [0.2, 0.25) is 0 Å². The van der Waals surface area contributed by atoms with Gasteiger partial charge in [-0.3, -0.25) is 4.79 Å². The molecule has 1 rings (SSSR count). The topological polar surface area (TPSA) is 44.8 Å². The molecule has 0 bridgehead atoms. The molecule has 0 spiro atoms. The lowest BCUT2D eigenvalue weighted by Crippen LogP contribution is -2.15. The van der Waals surface area contributed by atoms with Crippen LogP contribution in [-0.2, 0) is 9.53 Å². The summed E-state index contributed by atoms with van der Waals surface area (Å²) in [5.41, 5.74) is 0.854. The van der Waals surface area contributed by atoms with Crippen LogP contribution in [-0.4, -0.2) is 26.8 Å². The zero-order chi connectivity index (χ0) is 13.5. The number of hydrogen-bond donors (Lipinski definition) is 0. The minimum Gasteiger partial charge on any atom is -0.497 e. The second kappa shape index (κ2) is 6.89. The number of benzene rings is 1. The van der Waals surface area contributed by atoms with Crippen molar-refractivity contribution in [2.75, 3.05) is 20.8 Å². The van der Waals surface area contributed by atoms with Crippen LogP contribution < -0.4 is 9.47 Å². The van der Waals surface area contributed by atoms with Crippen LogP contribution in [0.4, 0.5) is 0 Å². The van der Waals surface area contributed by atoms with Crippen molar-refractivity contribution in [1.82, 2.24) is 0 Å².